The molecule has 2 aromatic rings. The molecule has 0 aliphatic carbocycles. The van der Waals surface area contributed by atoms with Crippen LogP contribution in [0.3, 0.4) is 0 Å². The van der Waals surface area contributed by atoms with Crippen LogP contribution in [0.5, 0.6) is 5.75 Å². The minimum absolute atomic E-state index is 0.00522. The summed E-state index contributed by atoms with van der Waals surface area (Å²) in [7, 11) is 1.53. The number of aliphatic hydroxyl groups excluding tert-OH is 1. The lowest BCUT2D eigenvalue weighted by molar-refractivity contribution is -0.894. The molecule has 1 N–H and O–H groups in total. The Morgan fingerprint density at radius 1 is 1.18 bits per heavy atom. The zero-order chi connectivity index (χ0) is 20.4. The van der Waals surface area contributed by atoms with Crippen LogP contribution in [0.1, 0.15) is 11.1 Å². The van der Waals surface area contributed by atoms with E-state index in [0.717, 1.165) is 5.56 Å². The van der Waals surface area contributed by atoms with Crippen LogP contribution in [0.2, 0.25) is 0 Å². The molecule has 1 atom stereocenters. The number of methoxy groups -OCH3 is 1. The fourth-order valence-corrected chi connectivity index (χ4v) is 2.70. The van der Waals surface area contributed by atoms with Crippen LogP contribution in [0.25, 0.3) is 6.08 Å². The summed E-state index contributed by atoms with van der Waals surface area (Å²) in [5.41, 5.74) is 1.37. The maximum absolute atomic E-state index is 13.0. The van der Waals surface area contributed by atoms with Gasteiger partial charge in [-0.25, -0.2) is 9.18 Å². The summed E-state index contributed by atoms with van der Waals surface area (Å²) in [6, 6.07) is 12.8. The fourth-order valence-electron chi connectivity index (χ4n) is 2.70. The summed E-state index contributed by atoms with van der Waals surface area (Å²) in [6.07, 6.45) is 2.72. The second kappa shape index (κ2) is 10.6. The molecule has 0 amide bonds. The van der Waals surface area contributed by atoms with Crippen LogP contribution in [-0.2, 0) is 16.1 Å². The largest absolute Gasteiger partial charge is 0.632 e. The molecule has 0 fully saturated rings. The van der Waals surface area contributed by atoms with Gasteiger partial charge in [-0.15, -0.1) is 0 Å². The van der Waals surface area contributed by atoms with E-state index in [-0.39, 0.29) is 38.7 Å². The molecule has 7 heteroatoms. The SMILES string of the molecule is COc1ccccc1C[N@+]([O-])(CCO)CCOC(=O)/C=C/c1ccc(F)cc1. The highest BCUT2D eigenvalue weighted by atomic mass is 19.1. The average molecular weight is 389 g/mol. The van der Waals surface area contributed by atoms with Crippen LogP contribution < -0.4 is 4.74 Å². The molecule has 2 rings (SSSR count). The summed E-state index contributed by atoms with van der Waals surface area (Å²) in [6.45, 7) is -0.314. The van der Waals surface area contributed by atoms with Gasteiger partial charge < -0.3 is 24.4 Å². The minimum Gasteiger partial charge on any atom is -0.632 e. The molecular weight excluding hydrogens is 365 g/mol. The first-order valence-electron chi connectivity index (χ1n) is 8.86. The van der Waals surface area contributed by atoms with Gasteiger partial charge in [0.1, 0.15) is 37.8 Å². The van der Waals surface area contributed by atoms with Crippen molar-refractivity contribution >= 4 is 12.0 Å². The number of rotatable bonds is 10. The van der Waals surface area contributed by atoms with Crippen molar-refractivity contribution in [2.75, 3.05) is 33.4 Å². The lowest BCUT2D eigenvalue weighted by Gasteiger charge is -2.42. The Hall–Kier alpha value is -2.74. The summed E-state index contributed by atoms with van der Waals surface area (Å²) < 4.78 is 22.5. The zero-order valence-corrected chi connectivity index (χ0v) is 15.7. The Bertz CT molecular complexity index is 794. The van der Waals surface area contributed by atoms with Gasteiger partial charge >= 0.3 is 5.97 Å². The van der Waals surface area contributed by atoms with Gasteiger partial charge in [0.25, 0.3) is 0 Å². The average Bonchev–Trinajstić information content (AvgIpc) is 2.68. The summed E-state index contributed by atoms with van der Waals surface area (Å²) in [5.74, 6) is -0.363. The van der Waals surface area contributed by atoms with Crippen molar-refractivity contribution in [3.8, 4) is 5.75 Å². The van der Waals surface area contributed by atoms with Gasteiger partial charge in [0.15, 0.2) is 0 Å². The third-order valence-electron chi connectivity index (χ3n) is 4.18. The van der Waals surface area contributed by atoms with Crippen LogP contribution in [-0.4, -0.2) is 49.1 Å². The predicted octanol–water partition coefficient (Wildman–Crippen LogP) is 2.90. The fraction of sp³-hybridized carbons (Fsp3) is 0.286. The molecule has 0 saturated carbocycles. The van der Waals surface area contributed by atoms with Crippen LogP contribution in [0, 0.1) is 11.0 Å². The number of hydroxylamine groups is 3. The number of benzene rings is 2. The Labute approximate surface area is 163 Å². The van der Waals surface area contributed by atoms with E-state index >= 15 is 0 Å². The van der Waals surface area contributed by atoms with Gasteiger partial charge in [-0.3, -0.25) is 0 Å². The van der Waals surface area contributed by atoms with Gasteiger partial charge in [-0.05, 0) is 35.9 Å². The molecule has 0 radical (unpaired) electrons. The Balaban J connectivity index is 1.91. The van der Waals surface area contributed by atoms with Gasteiger partial charge in [0.2, 0.25) is 0 Å². The lowest BCUT2D eigenvalue weighted by atomic mass is 10.2. The molecular formula is C21H24FNO5. The summed E-state index contributed by atoms with van der Waals surface area (Å²) >= 11 is 0. The standard InChI is InChI=1S/C21H24FNO5/c1-27-20-5-3-2-4-18(20)16-23(26,12-14-24)13-15-28-21(25)11-8-17-6-9-19(22)10-7-17/h2-11,24H,12-16H2,1H3/b11-8+/t23-/m0/s1. The normalized spacial score (nSPS) is 13.3. The van der Waals surface area contributed by atoms with Crippen molar-refractivity contribution in [1.82, 2.24) is 0 Å². The van der Waals surface area contributed by atoms with Crippen molar-refractivity contribution in [2.24, 2.45) is 0 Å². The van der Waals surface area contributed by atoms with Gasteiger partial charge in [0, 0.05) is 11.6 Å². The first kappa shape index (κ1) is 21.6. The number of hydrogen-bond donors (Lipinski definition) is 1. The number of hydrogen-bond acceptors (Lipinski definition) is 5. The molecule has 0 saturated heterocycles. The van der Waals surface area contributed by atoms with Crippen molar-refractivity contribution < 1.29 is 28.4 Å². The highest BCUT2D eigenvalue weighted by molar-refractivity contribution is 5.87. The van der Waals surface area contributed by atoms with Gasteiger partial charge in [-0.1, -0.05) is 24.3 Å². The second-order valence-corrected chi connectivity index (χ2v) is 6.25. The molecule has 0 spiro atoms. The van der Waals surface area contributed by atoms with E-state index in [1.165, 1.54) is 43.5 Å². The molecule has 0 aliphatic heterocycles. The van der Waals surface area contributed by atoms with E-state index in [4.69, 9.17) is 9.47 Å². The first-order chi connectivity index (χ1) is 13.5. The van der Waals surface area contributed by atoms with Crippen LogP contribution in [0.4, 0.5) is 4.39 Å². The maximum atomic E-state index is 13.0. The highest BCUT2D eigenvalue weighted by Crippen LogP contribution is 2.22. The number of ether oxygens (including phenoxy) is 2. The number of aliphatic hydroxyl groups is 1. The van der Waals surface area contributed by atoms with E-state index in [2.05, 4.69) is 0 Å². The van der Waals surface area contributed by atoms with Crippen molar-refractivity contribution in [1.29, 1.82) is 0 Å². The zero-order valence-electron chi connectivity index (χ0n) is 15.7. The smallest absolute Gasteiger partial charge is 0.330 e. The number of carbonyl (C=O) groups excluding carboxylic acids is 1. The molecule has 0 aromatic heterocycles. The number of carbonyl (C=O) groups is 1. The summed E-state index contributed by atoms with van der Waals surface area (Å²) in [5, 5.41) is 22.3. The Morgan fingerprint density at radius 2 is 1.89 bits per heavy atom. The molecule has 150 valence electrons. The molecule has 0 aliphatic rings. The number of nitrogens with zero attached hydrogens (tertiary/aromatic N) is 1. The number of para-hydroxylation sites is 1. The lowest BCUT2D eigenvalue weighted by Crippen LogP contribution is -2.46. The Kier molecular flexibility index (Phi) is 8.13. The third-order valence-corrected chi connectivity index (χ3v) is 4.18. The monoisotopic (exact) mass is 389 g/mol. The molecule has 0 unspecified atom stereocenters. The highest BCUT2D eigenvalue weighted by Gasteiger charge is 2.20. The second-order valence-electron chi connectivity index (χ2n) is 6.25. The maximum Gasteiger partial charge on any atom is 0.330 e. The minimum atomic E-state index is -0.744. The number of quaternary nitrogens is 1. The van der Waals surface area contributed by atoms with Crippen LogP contribution in [0.15, 0.2) is 54.6 Å². The third kappa shape index (κ3) is 6.77. The van der Waals surface area contributed by atoms with E-state index in [1.54, 1.807) is 18.2 Å². The molecule has 2 aromatic carbocycles. The number of esters is 1. The van der Waals surface area contributed by atoms with Crippen LogP contribution >= 0.6 is 0 Å². The van der Waals surface area contributed by atoms with E-state index in [1.807, 2.05) is 6.07 Å². The van der Waals surface area contributed by atoms with E-state index < -0.39 is 10.6 Å². The molecule has 6 nitrogen and oxygen atoms in total. The quantitative estimate of drug-likeness (QED) is 0.293. The van der Waals surface area contributed by atoms with Gasteiger partial charge in [-0.2, -0.15) is 0 Å². The molecule has 0 bridgehead atoms. The van der Waals surface area contributed by atoms with Crippen molar-refractivity contribution in [3.63, 3.8) is 0 Å². The van der Waals surface area contributed by atoms with E-state index in [9.17, 15) is 19.5 Å². The first-order valence-corrected chi connectivity index (χ1v) is 8.86. The number of halogens is 1. The predicted molar refractivity (Wildman–Crippen MR) is 104 cm³/mol. The van der Waals surface area contributed by atoms with Gasteiger partial charge in [0.05, 0.1) is 13.7 Å². The van der Waals surface area contributed by atoms with Crippen molar-refractivity contribution in [3.05, 3.63) is 76.8 Å². The topological polar surface area (TPSA) is 78.8 Å². The summed E-state index contributed by atoms with van der Waals surface area (Å²) in [4.78, 5) is 11.8. The van der Waals surface area contributed by atoms with E-state index in [0.29, 0.717) is 11.3 Å². The molecule has 0 heterocycles. The molecule has 28 heavy (non-hydrogen) atoms. The Morgan fingerprint density at radius 3 is 2.57 bits per heavy atom. The van der Waals surface area contributed by atoms with Crippen molar-refractivity contribution in [2.45, 2.75) is 6.54 Å².